The van der Waals surface area contributed by atoms with Crippen LogP contribution in [0.1, 0.15) is 28.9 Å². The van der Waals surface area contributed by atoms with Crippen molar-refractivity contribution in [3.63, 3.8) is 0 Å². The largest absolute Gasteiger partial charge is 0.413 e. The molecule has 0 aliphatic heterocycles. The van der Waals surface area contributed by atoms with Crippen LogP contribution in [0.25, 0.3) is 0 Å². The monoisotopic (exact) mass is 339 g/mol. The molecule has 1 aromatic carbocycles. The average molecular weight is 339 g/mol. The average Bonchev–Trinajstić information content (AvgIpc) is 3.02. The van der Waals surface area contributed by atoms with Crippen molar-refractivity contribution in [2.24, 2.45) is 0 Å². The van der Waals surface area contributed by atoms with Gasteiger partial charge in [0.05, 0.1) is 11.8 Å². The Bertz CT molecular complexity index is 726. The van der Waals surface area contributed by atoms with E-state index in [1.165, 1.54) is 41.3 Å². The van der Waals surface area contributed by atoms with E-state index in [9.17, 15) is 22.8 Å². The maximum atomic E-state index is 13.4. The minimum absolute atomic E-state index is 0.0392. The molecular formula is C16H16F3N3O2. The van der Waals surface area contributed by atoms with Crippen molar-refractivity contribution in [3.8, 4) is 0 Å². The Morgan fingerprint density at radius 3 is 2.38 bits per heavy atom. The molecule has 8 heteroatoms. The third-order valence-electron chi connectivity index (χ3n) is 3.55. The molecule has 2 aromatic rings. The topological polar surface area (TPSA) is 55.2 Å². The first-order chi connectivity index (χ1) is 11.3. The Hall–Kier alpha value is -2.64. The van der Waals surface area contributed by atoms with Gasteiger partial charge >= 0.3 is 6.18 Å². The van der Waals surface area contributed by atoms with Crippen LogP contribution in [0.5, 0.6) is 0 Å². The smallest absolute Gasteiger partial charge is 0.323 e. The summed E-state index contributed by atoms with van der Waals surface area (Å²) in [4.78, 5) is 24.8. The van der Waals surface area contributed by atoms with Crippen molar-refractivity contribution in [1.82, 2.24) is 14.7 Å². The second-order valence-electron chi connectivity index (χ2n) is 5.18. The fourth-order valence-electron chi connectivity index (χ4n) is 2.32. The molecule has 24 heavy (non-hydrogen) atoms. The lowest BCUT2D eigenvalue weighted by atomic mass is 10.0. The van der Waals surface area contributed by atoms with Gasteiger partial charge in [0.25, 0.3) is 11.7 Å². The second-order valence-corrected chi connectivity index (χ2v) is 5.18. The lowest BCUT2D eigenvalue weighted by Crippen LogP contribution is -2.42. The number of hydrogen-bond donors (Lipinski definition) is 0. The van der Waals surface area contributed by atoms with E-state index < -0.39 is 23.9 Å². The number of benzene rings is 1. The first-order valence-electron chi connectivity index (χ1n) is 7.21. The first kappa shape index (κ1) is 17.7. The third-order valence-corrected chi connectivity index (χ3v) is 3.55. The van der Waals surface area contributed by atoms with Crippen LogP contribution in [-0.4, -0.2) is 39.6 Å². The number of Topliss-reactive ketones (excluding diaryl/α,β-unsaturated/α-hetero) is 1. The van der Waals surface area contributed by atoms with Gasteiger partial charge in [0.15, 0.2) is 6.04 Å². The van der Waals surface area contributed by atoms with Crippen LogP contribution < -0.4 is 0 Å². The van der Waals surface area contributed by atoms with Crippen molar-refractivity contribution in [2.75, 3.05) is 7.05 Å². The molecule has 0 unspecified atom stereocenters. The highest BCUT2D eigenvalue weighted by molar-refractivity contribution is 6.42. The van der Waals surface area contributed by atoms with Crippen LogP contribution in [0.2, 0.25) is 0 Å². The number of ketones is 1. The molecule has 0 saturated heterocycles. The maximum Gasteiger partial charge on any atom is 0.413 e. The maximum absolute atomic E-state index is 13.4. The molecular weight excluding hydrogens is 323 g/mol. The van der Waals surface area contributed by atoms with Crippen molar-refractivity contribution in [2.45, 2.75) is 25.7 Å². The Labute approximate surface area is 136 Å². The molecule has 0 saturated carbocycles. The standard InChI is InChI=1S/C16H16F3N3O2/c1-3-22-10-12(9-20-22)13(23)15(24)21(2)14(16(17,18)19)11-7-5-4-6-8-11/h4-10,14H,3H2,1-2H3/t14-/m0/s1. The number of halogens is 3. The number of nitrogens with zero attached hydrogens (tertiary/aromatic N) is 3. The minimum Gasteiger partial charge on any atom is -0.323 e. The van der Waals surface area contributed by atoms with E-state index in [0.717, 1.165) is 7.05 Å². The number of carbonyl (C=O) groups is 2. The summed E-state index contributed by atoms with van der Waals surface area (Å²) in [5, 5.41) is 3.85. The summed E-state index contributed by atoms with van der Waals surface area (Å²) in [5.74, 6) is -2.26. The molecule has 0 radical (unpaired) electrons. The van der Waals surface area contributed by atoms with Gasteiger partial charge in [-0.25, -0.2) is 0 Å². The molecule has 128 valence electrons. The molecule has 0 aliphatic rings. The Balaban J connectivity index is 2.30. The molecule has 0 N–H and O–H groups in total. The van der Waals surface area contributed by atoms with Crippen molar-refractivity contribution < 1.29 is 22.8 Å². The summed E-state index contributed by atoms with van der Waals surface area (Å²) in [6.45, 7) is 2.26. The van der Waals surface area contributed by atoms with E-state index >= 15 is 0 Å². The highest BCUT2D eigenvalue weighted by Crippen LogP contribution is 2.37. The van der Waals surface area contributed by atoms with Gasteiger partial charge in [-0.05, 0) is 12.5 Å². The molecule has 2 rings (SSSR count). The SMILES string of the molecule is CCn1cc(C(=O)C(=O)N(C)[C@@H](c2ccccc2)C(F)(F)F)cn1. The number of rotatable bonds is 5. The van der Waals surface area contributed by atoms with Gasteiger partial charge in [-0.1, -0.05) is 30.3 Å². The molecule has 1 aromatic heterocycles. The van der Waals surface area contributed by atoms with Crippen LogP contribution in [0.4, 0.5) is 13.2 Å². The predicted octanol–water partition coefficient (Wildman–Crippen LogP) is 2.85. The summed E-state index contributed by atoms with van der Waals surface area (Å²) in [5.41, 5.74) is -0.152. The van der Waals surface area contributed by atoms with Gasteiger partial charge in [-0.15, -0.1) is 0 Å². The van der Waals surface area contributed by atoms with Crippen LogP contribution in [-0.2, 0) is 11.3 Å². The zero-order chi connectivity index (χ0) is 17.9. The molecule has 0 spiro atoms. The summed E-state index contributed by atoms with van der Waals surface area (Å²) < 4.78 is 41.7. The van der Waals surface area contributed by atoms with Crippen LogP contribution in [0.15, 0.2) is 42.7 Å². The fraction of sp³-hybridized carbons (Fsp3) is 0.312. The summed E-state index contributed by atoms with van der Waals surface area (Å²) in [6.07, 6.45) is -2.21. The highest BCUT2D eigenvalue weighted by Gasteiger charge is 2.46. The first-order valence-corrected chi connectivity index (χ1v) is 7.21. The second kappa shape index (κ2) is 6.86. The van der Waals surface area contributed by atoms with Gasteiger partial charge in [-0.3, -0.25) is 14.3 Å². The number of alkyl halides is 3. The molecule has 1 amide bonds. The number of hydrogen-bond acceptors (Lipinski definition) is 3. The minimum atomic E-state index is -4.71. The summed E-state index contributed by atoms with van der Waals surface area (Å²) in [6, 6.07) is 4.79. The van der Waals surface area contributed by atoms with E-state index in [1.54, 1.807) is 13.0 Å². The fourth-order valence-corrected chi connectivity index (χ4v) is 2.32. The zero-order valence-electron chi connectivity index (χ0n) is 13.1. The number of amides is 1. The predicted molar refractivity (Wildman–Crippen MR) is 80.2 cm³/mol. The van der Waals surface area contributed by atoms with E-state index in [4.69, 9.17) is 0 Å². The van der Waals surface area contributed by atoms with Crippen molar-refractivity contribution >= 4 is 11.7 Å². The number of likely N-dealkylation sites (N-methyl/N-ethyl adjacent to an activating group) is 1. The molecule has 1 atom stereocenters. The number of aromatic nitrogens is 2. The van der Waals surface area contributed by atoms with E-state index in [-0.39, 0.29) is 11.1 Å². The highest BCUT2D eigenvalue weighted by atomic mass is 19.4. The summed E-state index contributed by atoms with van der Waals surface area (Å²) in [7, 11) is 0.968. The van der Waals surface area contributed by atoms with E-state index in [2.05, 4.69) is 5.10 Å². The van der Waals surface area contributed by atoms with Gasteiger partial charge < -0.3 is 4.90 Å². The van der Waals surface area contributed by atoms with Gasteiger partial charge in [0.2, 0.25) is 0 Å². The Morgan fingerprint density at radius 2 is 1.88 bits per heavy atom. The Morgan fingerprint density at radius 1 is 1.25 bits per heavy atom. The van der Waals surface area contributed by atoms with E-state index in [0.29, 0.717) is 11.4 Å². The normalized spacial score (nSPS) is 12.7. The van der Waals surface area contributed by atoms with E-state index in [1.807, 2.05) is 0 Å². The van der Waals surface area contributed by atoms with Crippen LogP contribution >= 0.6 is 0 Å². The molecule has 0 bridgehead atoms. The van der Waals surface area contributed by atoms with Gasteiger partial charge in [0.1, 0.15) is 0 Å². The van der Waals surface area contributed by atoms with Gasteiger partial charge in [-0.2, -0.15) is 18.3 Å². The van der Waals surface area contributed by atoms with Gasteiger partial charge in [0, 0.05) is 19.8 Å². The number of aryl methyl sites for hydroxylation is 1. The Kier molecular flexibility index (Phi) is 5.06. The third kappa shape index (κ3) is 3.64. The van der Waals surface area contributed by atoms with Crippen molar-refractivity contribution in [3.05, 3.63) is 53.9 Å². The number of carbonyl (C=O) groups excluding carboxylic acids is 2. The van der Waals surface area contributed by atoms with Crippen molar-refractivity contribution in [1.29, 1.82) is 0 Å². The molecule has 0 fully saturated rings. The lowest BCUT2D eigenvalue weighted by Gasteiger charge is -2.29. The quantitative estimate of drug-likeness (QED) is 0.622. The molecule has 5 nitrogen and oxygen atoms in total. The summed E-state index contributed by atoms with van der Waals surface area (Å²) >= 11 is 0. The molecule has 1 heterocycles. The van der Waals surface area contributed by atoms with Crippen LogP contribution in [0, 0.1) is 0 Å². The molecule has 0 aliphatic carbocycles. The zero-order valence-corrected chi connectivity index (χ0v) is 13.1. The van der Waals surface area contributed by atoms with Crippen LogP contribution in [0.3, 0.4) is 0 Å². The lowest BCUT2D eigenvalue weighted by molar-refractivity contribution is -0.186.